The molecule has 39 heavy (non-hydrogen) atoms. The van der Waals surface area contributed by atoms with E-state index in [-0.39, 0.29) is 30.2 Å². The molecule has 0 spiro atoms. The van der Waals surface area contributed by atoms with Gasteiger partial charge in [0.15, 0.2) is 0 Å². The van der Waals surface area contributed by atoms with E-state index in [0.29, 0.717) is 42.2 Å². The number of fused-ring (bicyclic) bond motifs is 1. The molecule has 0 atom stereocenters. The Morgan fingerprint density at radius 1 is 1.03 bits per heavy atom. The van der Waals surface area contributed by atoms with Crippen LogP contribution in [-0.4, -0.2) is 36.2 Å². The maximum atomic E-state index is 13.0. The van der Waals surface area contributed by atoms with Gasteiger partial charge in [-0.3, -0.25) is 14.7 Å². The number of alkyl halides is 3. The Labute approximate surface area is 233 Å². The second kappa shape index (κ2) is 12.9. The second-order valence-corrected chi connectivity index (χ2v) is 9.92. The standard InChI is InChI=1S/C28H25F3N2O4S.ClH/c29-28(30,31)21-4-5-23-24(13-21)32-7-6-27(23)38-18-20-3-1-2-19(12-20)16-37-26-17-36-22(14-25(26)34)15-33-8-10-35-11-9-33;/h1-7,12-14,17H,8-11,15-16,18H2;1H. The van der Waals surface area contributed by atoms with Crippen LogP contribution >= 0.6 is 24.2 Å². The van der Waals surface area contributed by atoms with E-state index in [1.165, 1.54) is 36.4 Å². The third-order valence-electron chi connectivity index (χ3n) is 6.15. The summed E-state index contributed by atoms with van der Waals surface area (Å²) in [4.78, 5) is 19.6. The van der Waals surface area contributed by atoms with Crippen molar-refractivity contribution in [3.63, 3.8) is 0 Å². The number of pyridine rings is 1. The topological polar surface area (TPSA) is 64.8 Å². The van der Waals surface area contributed by atoms with Gasteiger partial charge in [0.1, 0.15) is 18.6 Å². The summed E-state index contributed by atoms with van der Waals surface area (Å²) in [6.45, 7) is 3.69. The van der Waals surface area contributed by atoms with E-state index in [2.05, 4.69) is 9.88 Å². The minimum atomic E-state index is -4.41. The number of rotatable bonds is 8. The van der Waals surface area contributed by atoms with Crippen molar-refractivity contribution in [1.82, 2.24) is 9.88 Å². The molecule has 3 heterocycles. The summed E-state index contributed by atoms with van der Waals surface area (Å²) in [5.41, 5.74) is 1.26. The zero-order chi connectivity index (χ0) is 26.5. The Balaban J connectivity index is 0.00000353. The summed E-state index contributed by atoms with van der Waals surface area (Å²) >= 11 is 1.52. The molecular formula is C28H26ClF3N2O4S. The molecule has 206 valence electrons. The predicted octanol–water partition coefficient (Wildman–Crippen LogP) is 6.33. The van der Waals surface area contributed by atoms with Crippen LogP contribution in [0.15, 0.2) is 81.2 Å². The van der Waals surface area contributed by atoms with Gasteiger partial charge in [-0.15, -0.1) is 24.2 Å². The molecule has 6 nitrogen and oxygen atoms in total. The fraction of sp³-hybridized carbons (Fsp3) is 0.286. The van der Waals surface area contributed by atoms with E-state index in [1.807, 2.05) is 24.3 Å². The van der Waals surface area contributed by atoms with E-state index in [0.717, 1.165) is 41.2 Å². The lowest BCUT2D eigenvalue weighted by molar-refractivity contribution is -0.137. The monoisotopic (exact) mass is 578 g/mol. The summed E-state index contributed by atoms with van der Waals surface area (Å²) in [5.74, 6) is 1.34. The first kappa shape index (κ1) is 28.9. The molecule has 0 radical (unpaired) electrons. The third-order valence-corrected chi connectivity index (χ3v) is 7.29. The van der Waals surface area contributed by atoms with Crippen LogP contribution in [0, 0.1) is 0 Å². The Bertz CT molecular complexity index is 1480. The molecule has 0 amide bonds. The number of hydrogen-bond donors (Lipinski definition) is 0. The average Bonchev–Trinajstić information content (AvgIpc) is 2.91. The fourth-order valence-electron chi connectivity index (χ4n) is 4.16. The molecule has 5 rings (SSSR count). The highest BCUT2D eigenvalue weighted by atomic mass is 35.5. The minimum absolute atomic E-state index is 0. The van der Waals surface area contributed by atoms with Crippen LogP contribution in [-0.2, 0) is 29.8 Å². The van der Waals surface area contributed by atoms with E-state index in [9.17, 15) is 18.0 Å². The van der Waals surface area contributed by atoms with Crippen molar-refractivity contribution in [1.29, 1.82) is 0 Å². The Hall–Kier alpha value is -3.05. The molecule has 0 unspecified atom stereocenters. The van der Waals surface area contributed by atoms with Gasteiger partial charge in [0.05, 0.1) is 30.8 Å². The summed E-state index contributed by atoms with van der Waals surface area (Å²) in [6, 6.07) is 14.6. The first-order valence-corrected chi connectivity index (χ1v) is 13.0. The van der Waals surface area contributed by atoms with Crippen molar-refractivity contribution in [3.8, 4) is 5.75 Å². The molecule has 2 aromatic carbocycles. The van der Waals surface area contributed by atoms with Crippen LogP contribution in [0.2, 0.25) is 0 Å². The van der Waals surface area contributed by atoms with Gasteiger partial charge in [-0.1, -0.05) is 30.3 Å². The lowest BCUT2D eigenvalue weighted by Crippen LogP contribution is -2.35. The summed E-state index contributed by atoms with van der Waals surface area (Å²) in [5, 5.41) is 0.675. The van der Waals surface area contributed by atoms with Gasteiger partial charge in [0, 0.05) is 41.4 Å². The molecule has 1 aliphatic rings. The Morgan fingerprint density at radius 2 is 1.82 bits per heavy atom. The number of nitrogens with zero attached hydrogens (tertiary/aromatic N) is 2. The summed E-state index contributed by atoms with van der Waals surface area (Å²) in [7, 11) is 0. The average molecular weight is 579 g/mol. The molecule has 1 fully saturated rings. The number of ether oxygens (including phenoxy) is 2. The molecule has 2 aromatic heterocycles. The highest BCUT2D eigenvalue weighted by Gasteiger charge is 2.30. The largest absolute Gasteiger partial charge is 0.482 e. The number of benzene rings is 2. The first-order valence-electron chi connectivity index (χ1n) is 12.1. The molecule has 0 saturated carbocycles. The van der Waals surface area contributed by atoms with Crippen LogP contribution in [0.1, 0.15) is 22.5 Å². The fourth-order valence-corrected chi connectivity index (χ4v) is 5.15. The van der Waals surface area contributed by atoms with Crippen molar-refractivity contribution in [2.75, 3.05) is 26.3 Å². The van der Waals surface area contributed by atoms with E-state index < -0.39 is 11.7 Å². The molecule has 11 heteroatoms. The van der Waals surface area contributed by atoms with Crippen LogP contribution in [0.4, 0.5) is 13.2 Å². The van der Waals surface area contributed by atoms with Crippen molar-refractivity contribution >= 4 is 35.1 Å². The van der Waals surface area contributed by atoms with Crippen molar-refractivity contribution < 1.29 is 27.1 Å². The van der Waals surface area contributed by atoms with Gasteiger partial charge in [-0.05, 0) is 29.3 Å². The van der Waals surface area contributed by atoms with Crippen LogP contribution in [0.25, 0.3) is 10.9 Å². The Kier molecular flexibility index (Phi) is 9.55. The highest BCUT2D eigenvalue weighted by molar-refractivity contribution is 7.98. The zero-order valence-corrected chi connectivity index (χ0v) is 22.4. The Morgan fingerprint density at radius 3 is 2.59 bits per heavy atom. The van der Waals surface area contributed by atoms with E-state index in [1.54, 1.807) is 6.07 Å². The summed E-state index contributed by atoms with van der Waals surface area (Å²) in [6.07, 6.45) is -1.53. The number of halogens is 4. The second-order valence-electron chi connectivity index (χ2n) is 8.90. The zero-order valence-electron chi connectivity index (χ0n) is 20.8. The number of thioether (sulfide) groups is 1. The first-order chi connectivity index (χ1) is 18.3. The number of morpholine rings is 1. The van der Waals surface area contributed by atoms with E-state index >= 15 is 0 Å². The van der Waals surface area contributed by atoms with Gasteiger partial charge in [0.25, 0.3) is 0 Å². The van der Waals surface area contributed by atoms with Crippen molar-refractivity contribution in [3.05, 3.63) is 99.7 Å². The molecule has 1 aliphatic heterocycles. The smallest absolute Gasteiger partial charge is 0.416 e. The highest BCUT2D eigenvalue weighted by Crippen LogP contribution is 2.34. The lowest BCUT2D eigenvalue weighted by atomic mass is 10.1. The molecule has 4 aromatic rings. The minimum Gasteiger partial charge on any atom is -0.482 e. The molecule has 0 aliphatic carbocycles. The number of hydrogen-bond acceptors (Lipinski definition) is 7. The maximum absolute atomic E-state index is 13.0. The van der Waals surface area contributed by atoms with Gasteiger partial charge < -0.3 is 13.9 Å². The van der Waals surface area contributed by atoms with Gasteiger partial charge in [0.2, 0.25) is 11.2 Å². The molecule has 0 N–H and O–H groups in total. The van der Waals surface area contributed by atoms with Crippen LogP contribution in [0.3, 0.4) is 0 Å². The third kappa shape index (κ3) is 7.54. The normalized spacial score (nSPS) is 14.2. The molecule has 0 bridgehead atoms. The van der Waals surface area contributed by atoms with Crippen molar-refractivity contribution in [2.45, 2.75) is 30.0 Å². The lowest BCUT2D eigenvalue weighted by Gasteiger charge is -2.25. The summed E-state index contributed by atoms with van der Waals surface area (Å²) < 4.78 is 55.8. The quantitative estimate of drug-likeness (QED) is 0.226. The maximum Gasteiger partial charge on any atom is 0.416 e. The van der Waals surface area contributed by atoms with Gasteiger partial charge in [-0.2, -0.15) is 13.2 Å². The van der Waals surface area contributed by atoms with E-state index in [4.69, 9.17) is 13.9 Å². The van der Waals surface area contributed by atoms with Gasteiger partial charge in [-0.25, -0.2) is 0 Å². The SMILES string of the molecule is Cl.O=c1cc(CN2CCOCC2)occ1OCc1cccc(CSc2ccnc3cc(C(F)(F)F)ccc23)c1. The predicted molar refractivity (Wildman–Crippen MR) is 145 cm³/mol. The number of aromatic nitrogens is 1. The molecule has 1 saturated heterocycles. The van der Waals surface area contributed by atoms with Gasteiger partial charge >= 0.3 is 6.18 Å². The van der Waals surface area contributed by atoms with Crippen LogP contribution < -0.4 is 10.2 Å². The van der Waals surface area contributed by atoms with Crippen molar-refractivity contribution in [2.24, 2.45) is 0 Å². The van der Waals surface area contributed by atoms with Crippen LogP contribution in [0.5, 0.6) is 5.75 Å². The molecular weight excluding hydrogens is 553 g/mol.